The van der Waals surface area contributed by atoms with Crippen LogP contribution in [-0.2, 0) is 19.1 Å². The summed E-state index contributed by atoms with van der Waals surface area (Å²) in [4.78, 5) is 39.5. The molecule has 2 aliphatic rings. The van der Waals surface area contributed by atoms with Crippen molar-refractivity contribution in [3.8, 4) is 0 Å². The first-order valence-electron chi connectivity index (χ1n) is 8.59. The lowest BCUT2D eigenvalue weighted by Crippen LogP contribution is -2.44. The summed E-state index contributed by atoms with van der Waals surface area (Å²) in [5.74, 6) is -0.720. The van der Waals surface area contributed by atoms with Gasteiger partial charge < -0.3 is 15.0 Å². The zero-order valence-corrected chi connectivity index (χ0v) is 15.0. The molecule has 0 saturated carbocycles. The molecule has 1 saturated heterocycles. The third-order valence-corrected chi connectivity index (χ3v) is 5.74. The molecule has 0 radical (unpaired) electrons. The average molecular weight is 362 g/mol. The third kappa shape index (κ3) is 4.15. The van der Waals surface area contributed by atoms with Crippen LogP contribution in [0.2, 0.25) is 0 Å². The summed E-state index contributed by atoms with van der Waals surface area (Å²) in [6, 6.07) is 7.58. The number of nitrogens with one attached hydrogen (secondary N) is 1. The van der Waals surface area contributed by atoms with Gasteiger partial charge in [-0.2, -0.15) is 0 Å². The van der Waals surface area contributed by atoms with Crippen LogP contribution in [0.1, 0.15) is 26.2 Å². The molecule has 0 bridgehead atoms. The topological polar surface area (TPSA) is 75.7 Å². The third-order valence-electron chi connectivity index (χ3n) is 4.46. The number of amides is 2. The van der Waals surface area contributed by atoms with E-state index in [-0.39, 0.29) is 30.1 Å². The number of benzene rings is 1. The number of nitrogens with zero attached hydrogens (tertiary/aromatic N) is 1. The summed E-state index contributed by atoms with van der Waals surface area (Å²) in [7, 11) is 0. The van der Waals surface area contributed by atoms with E-state index in [0.717, 1.165) is 23.4 Å². The Hall–Kier alpha value is -2.02. The monoisotopic (exact) mass is 362 g/mol. The number of carbonyl (C=O) groups is 3. The molecule has 0 aliphatic carbocycles. The summed E-state index contributed by atoms with van der Waals surface area (Å²) in [5.41, 5.74) is 0.793. The molecule has 1 aromatic rings. The van der Waals surface area contributed by atoms with Crippen LogP contribution in [0.3, 0.4) is 0 Å². The Bertz CT molecular complexity index is 679. The first kappa shape index (κ1) is 17.8. The van der Waals surface area contributed by atoms with Crippen molar-refractivity contribution < 1.29 is 19.1 Å². The van der Waals surface area contributed by atoms with Crippen LogP contribution in [0.15, 0.2) is 29.2 Å². The second kappa shape index (κ2) is 7.91. The highest BCUT2D eigenvalue weighted by atomic mass is 32.2. The van der Waals surface area contributed by atoms with Crippen molar-refractivity contribution in [1.82, 2.24) is 4.90 Å². The summed E-state index contributed by atoms with van der Waals surface area (Å²) >= 11 is 1.42. The van der Waals surface area contributed by atoms with Crippen molar-refractivity contribution in [3.63, 3.8) is 0 Å². The molecule has 2 amide bonds. The highest BCUT2D eigenvalue weighted by Crippen LogP contribution is 2.37. The number of esters is 1. The first-order chi connectivity index (χ1) is 12.1. The lowest BCUT2D eigenvalue weighted by molar-refractivity contribution is -0.151. The SMILES string of the molecule is CCOC(=O)[C@H]1CCCN(C(=O)C[C@H]2Sc3ccccc3NC2=O)C1. The van der Waals surface area contributed by atoms with E-state index in [9.17, 15) is 14.4 Å². The zero-order chi connectivity index (χ0) is 17.8. The molecule has 1 N–H and O–H groups in total. The van der Waals surface area contributed by atoms with Gasteiger partial charge in [-0.25, -0.2) is 0 Å². The first-order valence-corrected chi connectivity index (χ1v) is 9.47. The lowest BCUT2D eigenvalue weighted by Gasteiger charge is -2.33. The predicted octanol–water partition coefficient (Wildman–Crippen LogP) is 2.29. The van der Waals surface area contributed by atoms with Gasteiger partial charge in [-0.3, -0.25) is 14.4 Å². The summed E-state index contributed by atoms with van der Waals surface area (Å²) in [6.45, 7) is 3.14. The molecule has 134 valence electrons. The van der Waals surface area contributed by atoms with E-state index in [1.165, 1.54) is 11.8 Å². The fraction of sp³-hybridized carbons (Fsp3) is 0.500. The van der Waals surface area contributed by atoms with Crippen molar-refractivity contribution in [1.29, 1.82) is 0 Å². The Balaban J connectivity index is 1.60. The smallest absolute Gasteiger partial charge is 0.310 e. The number of hydrogen-bond acceptors (Lipinski definition) is 5. The van der Waals surface area contributed by atoms with Crippen LogP contribution < -0.4 is 5.32 Å². The van der Waals surface area contributed by atoms with Gasteiger partial charge in [-0.05, 0) is 31.9 Å². The molecule has 25 heavy (non-hydrogen) atoms. The van der Waals surface area contributed by atoms with E-state index in [1.54, 1.807) is 11.8 Å². The van der Waals surface area contributed by atoms with Gasteiger partial charge in [0.1, 0.15) is 0 Å². The van der Waals surface area contributed by atoms with Crippen LogP contribution in [-0.4, -0.2) is 47.6 Å². The fourth-order valence-electron chi connectivity index (χ4n) is 3.17. The zero-order valence-electron chi connectivity index (χ0n) is 14.2. The number of anilines is 1. The van der Waals surface area contributed by atoms with Crippen molar-refractivity contribution >= 4 is 35.2 Å². The second-order valence-corrected chi connectivity index (χ2v) is 7.47. The van der Waals surface area contributed by atoms with Crippen LogP contribution in [0.25, 0.3) is 0 Å². The Morgan fingerprint density at radius 1 is 1.36 bits per heavy atom. The van der Waals surface area contributed by atoms with Crippen LogP contribution in [0.5, 0.6) is 0 Å². The van der Waals surface area contributed by atoms with Crippen molar-refractivity contribution in [2.45, 2.75) is 36.3 Å². The molecule has 2 atom stereocenters. The summed E-state index contributed by atoms with van der Waals surface area (Å²) in [5, 5.41) is 2.42. The largest absolute Gasteiger partial charge is 0.466 e. The van der Waals surface area contributed by atoms with Gasteiger partial charge in [0.05, 0.1) is 23.5 Å². The molecule has 1 aromatic carbocycles. The van der Waals surface area contributed by atoms with Gasteiger partial charge in [-0.15, -0.1) is 11.8 Å². The fourth-order valence-corrected chi connectivity index (χ4v) is 4.27. The highest BCUT2D eigenvalue weighted by molar-refractivity contribution is 8.01. The Morgan fingerprint density at radius 2 is 2.16 bits per heavy atom. The quantitative estimate of drug-likeness (QED) is 0.832. The Labute approximate surface area is 151 Å². The normalized spacial score (nSPS) is 22.8. The molecule has 2 aliphatic heterocycles. The maximum absolute atomic E-state index is 12.6. The number of carbonyl (C=O) groups excluding carboxylic acids is 3. The van der Waals surface area contributed by atoms with Gasteiger partial charge in [0, 0.05) is 24.4 Å². The standard InChI is InChI=1S/C18H22N2O4S/c1-2-24-18(23)12-6-5-9-20(11-12)16(21)10-15-17(22)19-13-7-3-4-8-14(13)25-15/h3-4,7-8,12,15H,2,5-6,9-11H2,1H3,(H,19,22)/t12-,15+/m0/s1. The van der Waals surface area contributed by atoms with Crippen LogP contribution in [0, 0.1) is 5.92 Å². The van der Waals surface area contributed by atoms with Gasteiger partial charge >= 0.3 is 5.97 Å². The second-order valence-electron chi connectivity index (χ2n) is 6.23. The number of para-hydroxylation sites is 1. The molecule has 0 aromatic heterocycles. The Kier molecular flexibility index (Phi) is 5.63. The molecule has 7 heteroatoms. The number of piperidine rings is 1. The molecule has 1 fully saturated rings. The molecule has 0 unspecified atom stereocenters. The van der Waals surface area contributed by atoms with Gasteiger partial charge in [-0.1, -0.05) is 12.1 Å². The number of hydrogen-bond donors (Lipinski definition) is 1. The van der Waals surface area contributed by atoms with E-state index in [2.05, 4.69) is 5.32 Å². The highest BCUT2D eigenvalue weighted by Gasteiger charge is 2.33. The molecular formula is C18H22N2O4S. The summed E-state index contributed by atoms with van der Waals surface area (Å²) < 4.78 is 5.07. The maximum Gasteiger partial charge on any atom is 0.310 e. The van der Waals surface area contributed by atoms with E-state index in [0.29, 0.717) is 19.7 Å². The van der Waals surface area contributed by atoms with Crippen LogP contribution in [0.4, 0.5) is 5.69 Å². The van der Waals surface area contributed by atoms with E-state index in [4.69, 9.17) is 4.74 Å². The van der Waals surface area contributed by atoms with E-state index < -0.39 is 5.25 Å². The maximum atomic E-state index is 12.6. The van der Waals surface area contributed by atoms with Gasteiger partial charge in [0.25, 0.3) is 0 Å². The van der Waals surface area contributed by atoms with E-state index >= 15 is 0 Å². The van der Waals surface area contributed by atoms with Gasteiger partial charge in [0.2, 0.25) is 11.8 Å². The average Bonchev–Trinajstić information content (AvgIpc) is 2.62. The Morgan fingerprint density at radius 3 is 2.96 bits per heavy atom. The molecule has 0 spiro atoms. The lowest BCUT2D eigenvalue weighted by atomic mass is 9.98. The molecule has 6 nitrogen and oxygen atoms in total. The molecule has 2 heterocycles. The number of thioether (sulfide) groups is 1. The van der Waals surface area contributed by atoms with Gasteiger partial charge in [0.15, 0.2) is 0 Å². The molecule has 3 rings (SSSR count). The van der Waals surface area contributed by atoms with E-state index in [1.807, 2.05) is 24.3 Å². The van der Waals surface area contributed by atoms with Crippen molar-refractivity contribution in [2.24, 2.45) is 5.92 Å². The number of rotatable bonds is 4. The van der Waals surface area contributed by atoms with Crippen molar-refractivity contribution in [2.75, 3.05) is 25.0 Å². The number of likely N-dealkylation sites (tertiary alicyclic amines) is 1. The molecular weight excluding hydrogens is 340 g/mol. The summed E-state index contributed by atoms with van der Waals surface area (Å²) in [6.07, 6.45) is 1.66. The van der Waals surface area contributed by atoms with Crippen molar-refractivity contribution in [3.05, 3.63) is 24.3 Å². The van der Waals surface area contributed by atoms with Crippen LogP contribution >= 0.6 is 11.8 Å². The minimum absolute atomic E-state index is 0.0824. The predicted molar refractivity (Wildman–Crippen MR) is 95.3 cm³/mol. The minimum Gasteiger partial charge on any atom is -0.466 e. The number of fused-ring (bicyclic) bond motifs is 1. The minimum atomic E-state index is -0.439. The number of ether oxygens (including phenoxy) is 1.